The van der Waals surface area contributed by atoms with Gasteiger partial charge in [0, 0.05) is 32.9 Å². The molecule has 1 heterocycles. The molecule has 1 aromatic carbocycles. The van der Waals surface area contributed by atoms with E-state index in [2.05, 4.69) is 34.5 Å². The molecule has 0 aliphatic carbocycles. The van der Waals surface area contributed by atoms with Crippen molar-refractivity contribution in [3.63, 3.8) is 0 Å². The molecule has 1 unspecified atom stereocenters. The molecule has 2 rings (SSSR count). The lowest BCUT2D eigenvalue weighted by Crippen LogP contribution is -2.30. The van der Waals surface area contributed by atoms with Gasteiger partial charge in [-0.1, -0.05) is 12.1 Å². The summed E-state index contributed by atoms with van der Waals surface area (Å²) in [6.45, 7) is 1.29. The van der Waals surface area contributed by atoms with Crippen LogP contribution in [0, 0.1) is 0 Å². The highest BCUT2D eigenvalue weighted by atomic mass is 32.2. The fourth-order valence-electron chi connectivity index (χ4n) is 2.38. The summed E-state index contributed by atoms with van der Waals surface area (Å²) in [6.07, 6.45) is 1.61. The Labute approximate surface area is 115 Å². The van der Waals surface area contributed by atoms with E-state index in [4.69, 9.17) is 0 Å². The quantitative estimate of drug-likeness (QED) is 0.887. The van der Waals surface area contributed by atoms with Crippen LogP contribution in [-0.4, -0.2) is 40.1 Å². The first kappa shape index (κ1) is 14.3. The van der Waals surface area contributed by atoms with Crippen LogP contribution in [0.15, 0.2) is 24.3 Å². The van der Waals surface area contributed by atoms with Crippen molar-refractivity contribution in [1.29, 1.82) is 0 Å². The van der Waals surface area contributed by atoms with Gasteiger partial charge in [-0.15, -0.1) is 0 Å². The van der Waals surface area contributed by atoms with Gasteiger partial charge in [0.05, 0.1) is 11.0 Å². The van der Waals surface area contributed by atoms with Crippen molar-refractivity contribution >= 4 is 15.5 Å². The van der Waals surface area contributed by atoms with Crippen molar-refractivity contribution in [1.82, 2.24) is 5.32 Å². The van der Waals surface area contributed by atoms with Gasteiger partial charge in [0.15, 0.2) is 9.84 Å². The lowest BCUT2D eigenvalue weighted by molar-refractivity contribution is 0.574. The summed E-state index contributed by atoms with van der Waals surface area (Å²) in [7, 11) is 1.20. The molecule has 0 bridgehead atoms. The molecular formula is C14H22N2O2S. The van der Waals surface area contributed by atoms with E-state index in [-0.39, 0.29) is 5.25 Å². The van der Waals surface area contributed by atoms with E-state index in [1.807, 2.05) is 14.1 Å². The number of nitrogens with one attached hydrogen (secondary N) is 1. The maximum atomic E-state index is 11.7. The molecule has 1 atom stereocenters. The molecule has 19 heavy (non-hydrogen) atoms. The van der Waals surface area contributed by atoms with Crippen LogP contribution in [0.5, 0.6) is 0 Å². The molecule has 1 saturated heterocycles. The van der Waals surface area contributed by atoms with Gasteiger partial charge in [0.25, 0.3) is 0 Å². The largest absolute Gasteiger partial charge is 0.378 e. The average molecular weight is 282 g/mol. The predicted molar refractivity (Wildman–Crippen MR) is 79.3 cm³/mol. The zero-order valence-corrected chi connectivity index (χ0v) is 12.4. The Morgan fingerprint density at radius 1 is 1.26 bits per heavy atom. The van der Waals surface area contributed by atoms with Gasteiger partial charge in [-0.3, -0.25) is 0 Å². The van der Waals surface area contributed by atoms with Crippen molar-refractivity contribution in [2.45, 2.75) is 24.6 Å². The third-order valence-corrected chi connectivity index (χ3v) is 5.89. The van der Waals surface area contributed by atoms with E-state index in [0.29, 0.717) is 12.3 Å². The van der Waals surface area contributed by atoms with Crippen LogP contribution in [0.4, 0.5) is 5.69 Å². The summed E-state index contributed by atoms with van der Waals surface area (Å²) < 4.78 is 23.4. The monoisotopic (exact) mass is 282 g/mol. The van der Waals surface area contributed by atoms with Crippen molar-refractivity contribution < 1.29 is 8.42 Å². The number of hydrogen-bond donors (Lipinski definition) is 1. The first-order chi connectivity index (χ1) is 8.99. The van der Waals surface area contributed by atoms with Crippen LogP contribution in [0.1, 0.15) is 18.4 Å². The van der Waals surface area contributed by atoms with Crippen LogP contribution in [-0.2, 0) is 16.4 Å². The second-order valence-electron chi connectivity index (χ2n) is 5.32. The molecule has 1 aliphatic rings. The molecule has 0 amide bonds. The first-order valence-electron chi connectivity index (χ1n) is 6.67. The molecule has 1 aromatic rings. The highest BCUT2D eigenvalue weighted by Gasteiger charge is 2.30. The van der Waals surface area contributed by atoms with E-state index in [1.54, 1.807) is 0 Å². The number of sulfone groups is 1. The van der Waals surface area contributed by atoms with Gasteiger partial charge in [-0.05, 0) is 30.5 Å². The molecule has 5 heteroatoms. The molecule has 0 aromatic heterocycles. The third kappa shape index (κ3) is 3.70. The Bertz CT molecular complexity index is 509. The molecule has 1 N–H and O–H groups in total. The van der Waals surface area contributed by atoms with Crippen molar-refractivity contribution in [2.75, 3.05) is 31.3 Å². The number of nitrogens with zero attached hydrogens (tertiary/aromatic N) is 1. The van der Waals surface area contributed by atoms with E-state index in [1.165, 1.54) is 11.3 Å². The lowest BCUT2D eigenvalue weighted by atomic mass is 10.2. The molecule has 0 spiro atoms. The number of benzene rings is 1. The van der Waals surface area contributed by atoms with Gasteiger partial charge in [-0.25, -0.2) is 8.42 Å². The summed E-state index contributed by atoms with van der Waals surface area (Å²) in [4.78, 5) is 2.06. The minimum atomic E-state index is -2.83. The van der Waals surface area contributed by atoms with Crippen LogP contribution < -0.4 is 10.2 Å². The molecule has 106 valence electrons. The SMILES string of the molecule is CN(C)c1ccc(CNCC2CCCS2(=O)=O)cc1. The van der Waals surface area contributed by atoms with Crippen molar-refractivity contribution in [2.24, 2.45) is 0 Å². The molecule has 0 saturated carbocycles. The summed E-state index contributed by atoms with van der Waals surface area (Å²) in [5.74, 6) is 0.358. The molecule has 1 fully saturated rings. The highest BCUT2D eigenvalue weighted by molar-refractivity contribution is 7.92. The molecule has 4 nitrogen and oxygen atoms in total. The fourth-order valence-corrected chi connectivity index (χ4v) is 4.18. The third-order valence-electron chi connectivity index (χ3n) is 3.62. The van der Waals surface area contributed by atoms with Gasteiger partial charge in [-0.2, -0.15) is 0 Å². The summed E-state index contributed by atoms with van der Waals surface area (Å²) in [5.41, 5.74) is 2.35. The first-order valence-corrected chi connectivity index (χ1v) is 8.39. The molecule has 1 aliphatic heterocycles. The smallest absolute Gasteiger partial charge is 0.154 e. The number of rotatable bonds is 5. The van der Waals surface area contributed by atoms with Crippen molar-refractivity contribution in [3.05, 3.63) is 29.8 Å². The molecular weight excluding hydrogens is 260 g/mol. The molecule has 0 radical (unpaired) electrons. The van der Waals surface area contributed by atoms with Gasteiger partial charge in [0.2, 0.25) is 0 Å². The summed E-state index contributed by atoms with van der Waals surface area (Å²) in [6, 6.07) is 8.30. The fraction of sp³-hybridized carbons (Fsp3) is 0.571. The minimum absolute atomic E-state index is 0.187. The van der Waals surface area contributed by atoms with Crippen LogP contribution >= 0.6 is 0 Å². The topological polar surface area (TPSA) is 49.4 Å². The zero-order valence-electron chi connectivity index (χ0n) is 11.6. The van der Waals surface area contributed by atoms with E-state index < -0.39 is 9.84 Å². The maximum absolute atomic E-state index is 11.7. The summed E-state index contributed by atoms with van der Waals surface area (Å²) >= 11 is 0. The standard InChI is InChI=1S/C14H22N2O2S/c1-16(2)13-7-5-12(6-8-13)10-15-11-14-4-3-9-19(14,17)18/h5-8,14-15H,3-4,9-11H2,1-2H3. The second kappa shape index (κ2) is 5.92. The number of hydrogen-bond acceptors (Lipinski definition) is 4. The predicted octanol–water partition coefficient (Wildman–Crippen LogP) is 1.42. The van der Waals surface area contributed by atoms with Crippen LogP contribution in [0.3, 0.4) is 0 Å². The van der Waals surface area contributed by atoms with E-state index in [9.17, 15) is 8.42 Å². The van der Waals surface area contributed by atoms with Gasteiger partial charge >= 0.3 is 0 Å². The van der Waals surface area contributed by atoms with Gasteiger partial charge in [0.1, 0.15) is 0 Å². The Kier molecular flexibility index (Phi) is 4.47. The zero-order chi connectivity index (χ0) is 13.9. The lowest BCUT2D eigenvalue weighted by Gasteiger charge is -2.14. The minimum Gasteiger partial charge on any atom is -0.378 e. The highest BCUT2D eigenvalue weighted by Crippen LogP contribution is 2.19. The number of anilines is 1. The Balaban J connectivity index is 1.83. The van der Waals surface area contributed by atoms with E-state index >= 15 is 0 Å². The van der Waals surface area contributed by atoms with Gasteiger partial charge < -0.3 is 10.2 Å². The Hall–Kier alpha value is -1.07. The summed E-state index contributed by atoms with van der Waals surface area (Å²) in [5, 5.41) is 3.07. The van der Waals surface area contributed by atoms with Crippen molar-refractivity contribution in [3.8, 4) is 0 Å². The van der Waals surface area contributed by atoms with Crippen LogP contribution in [0.2, 0.25) is 0 Å². The Morgan fingerprint density at radius 2 is 1.95 bits per heavy atom. The normalized spacial score (nSPS) is 21.5. The Morgan fingerprint density at radius 3 is 2.47 bits per heavy atom. The van der Waals surface area contributed by atoms with Crippen LogP contribution in [0.25, 0.3) is 0 Å². The average Bonchev–Trinajstić information content (AvgIpc) is 2.69. The maximum Gasteiger partial charge on any atom is 0.154 e. The second-order valence-corrected chi connectivity index (χ2v) is 7.72. The van der Waals surface area contributed by atoms with E-state index in [0.717, 1.165) is 19.4 Å².